The summed E-state index contributed by atoms with van der Waals surface area (Å²) in [5.74, 6) is 1.05. The van der Waals surface area contributed by atoms with Crippen LogP contribution in [-0.4, -0.2) is 18.0 Å². The second kappa shape index (κ2) is 5.82. The molecule has 0 amide bonds. The lowest BCUT2D eigenvalue weighted by molar-refractivity contribution is 0.293. The van der Waals surface area contributed by atoms with Gasteiger partial charge in [0.1, 0.15) is 5.76 Å². The van der Waals surface area contributed by atoms with Crippen LogP contribution in [0, 0.1) is 0 Å². The summed E-state index contributed by atoms with van der Waals surface area (Å²) >= 11 is 0. The number of hydrogen-bond donors (Lipinski definition) is 0. The van der Waals surface area contributed by atoms with Crippen molar-refractivity contribution in [3.05, 3.63) is 78.3 Å². The van der Waals surface area contributed by atoms with E-state index in [2.05, 4.69) is 65.6 Å². The number of hydrogen-bond acceptors (Lipinski definition) is 2. The summed E-state index contributed by atoms with van der Waals surface area (Å²) in [5, 5.41) is 2.41. The molecule has 0 unspecified atom stereocenters. The molecule has 2 heteroatoms. The van der Waals surface area contributed by atoms with Gasteiger partial charge < -0.3 is 4.42 Å². The van der Waals surface area contributed by atoms with Crippen molar-refractivity contribution in [1.82, 2.24) is 4.90 Å². The lowest BCUT2D eigenvalue weighted by Crippen LogP contribution is -2.27. The zero-order valence-electron chi connectivity index (χ0n) is 12.5. The van der Waals surface area contributed by atoms with Crippen molar-refractivity contribution < 1.29 is 4.42 Å². The van der Waals surface area contributed by atoms with Gasteiger partial charge in [-0.05, 0) is 17.6 Å². The summed E-state index contributed by atoms with van der Waals surface area (Å²) < 4.78 is 5.82. The van der Waals surface area contributed by atoms with Gasteiger partial charge >= 0.3 is 0 Å². The smallest absolute Gasteiger partial charge is 0.137 e. The van der Waals surface area contributed by atoms with Crippen molar-refractivity contribution in [3.63, 3.8) is 0 Å². The van der Waals surface area contributed by atoms with Crippen molar-refractivity contribution in [2.45, 2.75) is 13.0 Å². The summed E-state index contributed by atoms with van der Waals surface area (Å²) in [6.07, 6.45) is 5.23. The maximum absolute atomic E-state index is 5.82. The van der Waals surface area contributed by atoms with Crippen LogP contribution in [0.1, 0.15) is 17.7 Å². The molecule has 0 radical (unpaired) electrons. The van der Waals surface area contributed by atoms with Gasteiger partial charge in [-0.15, -0.1) is 0 Å². The topological polar surface area (TPSA) is 16.4 Å². The molecule has 0 N–H and O–H groups in total. The SMILES string of the molecule is C1=C(c2occ3ccccc23)CCN(Cc2ccccc2)C1. The molecule has 0 bridgehead atoms. The van der Waals surface area contributed by atoms with Gasteiger partial charge in [0.25, 0.3) is 0 Å². The Morgan fingerprint density at radius 1 is 0.955 bits per heavy atom. The highest BCUT2D eigenvalue weighted by Gasteiger charge is 2.17. The Labute approximate surface area is 130 Å². The number of furan rings is 1. The van der Waals surface area contributed by atoms with Crippen LogP contribution >= 0.6 is 0 Å². The molecule has 0 saturated heterocycles. The van der Waals surface area contributed by atoms with Crippen LogP contribution in [0.25, 0.3) is 16.3 Å². The van der Waals surface area contributed by atoms with Gasteiger partial charge in [-0.25, -0.2) is 0 Å². The fourth-order valence-corrected chi connectivity index (χ4v) is 3.14. The van der Waals surface area contributed by atoms with Gasteiger partial charge in [0.15, 0.2) is 0 Å². The van der Waals surface area contributed by atoms with Crippen molar-refractivity contribution in [1.29, 1.82) is 0 Å². The van der Waals surface area contributed by atoms with Gasteiger partial charge in [0, 0.05) is 30.4 Å². The van der Waals surface area contributed by atoms with Crippen molar-refractivity contribution in [2.75, 3.05) is 13.1 Å². The summed E-state index contributed by atoms with van der Waals surface area (Å²) in [5.41, 5.74) is 2.72. The first-order valence-corrected chi connectivity index (χ1v) is 7.82. The molecule has 2 nitrogen and oxygen atoms in total. The highest BCUT2D eigenvalue weighted by atomic mass is 16.3. The molecule has 3 aromatic rings. The van der Waals surface area contributed by atoms with E-state index in [-0.39, 0.29) is 0 Å². The molecule has 0 spiro atoms. The summed E-state index contributed by atoms with van der Waals surface area (Å²) in [6.45, 7) is 3.08. The fourth-order valence-electron chi connectivity index (χ4n) is 3.14. The fraction of sp³-hybridized carbons (Fsp3) is 0.200. The van der Waals surface area contributed by atoms with Crippen LogP contribution < -0.4 is 0 Å². The van der Waals surface area contributed by atoms with Crippen LogP contribution in [0.2, 0.25) is 0 Å². The van der Waals surface area contributed by atoms with Gasteiger partial charge in [0.05, 0.1) is 6.26 Å². The van der Waals surface area contributed by atoms with E-state index in [0.29, 0.717) is 0 Å². The number of nitrogens with zero attached hydrogens (tertiary/aromatic N) is 1. The normalized spacial score (nSPS) is 15.9. The molecule has 1 aromatic heterocycles. The second-order valence-electron chi connectivity index (χ2n) is 5.85. The third-order valence-electron chi connectivity index (χ3n) is 4.34. The average molecular weight is 289 g/mol. The summed E-state index contributed by atoms with van der Waals surface area (Å²) in [4.78, 5) is 2.48. The predicted molar refractivity (Wildman–Crippen MR) is 90.5 cm³/mol. The molecule has 22 heavy (non-hydrogen) atoms. The van der Waals surface area contributed by atoms with Crippen LogP contribution in [0.15, 0.2) is 71.4 Å². The largest absolute Gasteiger partial charge is 0.463 e. The molecule has 1 aliphatic rings. The van der Waals surface area contributed by atoms with E-state index < -0.39 is 0 Å². The van der Waals surface area contributed by atoms with E-state index in [9.17, 15) is 0 Å². The van der Waals surface area contributed by atoms with Gasteiger partial charge in [-0.1, -0.05) is 60.7 Å². The first kappa shape index (κ1) is 13.4. The Morgan fingerprint density at radius 3 is 2.59 bits per heavy atom. The van der Waals surface area contributed by atoms with E-state index in [1.165, 1.54) is 21.9 Å². The van der Waals surface area contributed by atoms with Crippen molar-refractivity contribution >= 4 is 16.3 Å². The minimum absolute atomic E-state index is 0.985. The molecule has 4 rings (SSSR count). The Hall–Kier alpha value is -2.32. The maximum atomic E-state index is 5.82. The highest BCUT2D eigenvalue weighted by Crippen LogP contribution is 2.30. The van der Waals surface area contributed by atoms with Gasteiger partial charge in [0.2, 0.25) is 0 Å². The molecule has 0 atom stereocenters. The minimum atomic E-state index is 0.985. The van der Waals surface area contributed by atoms with Crippen LogP contribution in [0.5, 0.6) is 0 Å². The van der Waals surface area contributed by atoms with Crippen LogP contribution in [-0.2, 0) is 6.54 Å². The second-order valence-corrected chi connectivity index (χ2v) is 5.85. The van der Waals surface area contributed by atoms with E-state index in [0.717, 1.165) is 31.8 Å². The van der Waals surface area contributed by atoms with Gasteiger partial charge in [-0.3, -0.25) is 4.90 Å². The zero-order chi connectivity index (χ0) is 14.8. The Balaban J connectivity index is 1.52. The first-order valence-electron chi connectivity index (χ1n) is 7.82. The molecule has 0 fully saturated rings. The first-order chi connectivity index (χ1) is 10.9. The Morgan fingerprint density at radius 2 is 1.77 bits per heavy atom. The number of fused-ring (bicyclic) bond motifs is 1. The quantitative estimate of drug-likeness (QED) is 0.693. The van der Waals surface area contributed by atoms with E-state index in [1.54, 1.807) is 0 Å². The van der Waals surface area contributed by atoms with Crippen LogP contribution in [0.3, 0.4) is 0 Å². The predicted octanol–water partition coefficient (Wildman–Crippen LogP) is 4.72. The maximum Gasteiger partial charge on any atom is 0.137 e. The van der Waals surface area contributed by atoms with Crippen molar-refractivity contribution in [3.8, 4) is 0 Å². The highest BCUT2D eigenvalue weighted by molar-refractivity contribution is 5.91. The number of rotatable bonds is 3. The Kier molecular flexibility index (Phi) is 3.53. The van der Waals surface area contributed by atoms with E-state index in [4.69, 9.17) is 4.42 Å². The molecule has 2 aromatic carbocycles. The lowest BCUT2D eigenvalue weighted by Gasteiger charge is -2.25. The van der Waals surface area contributed by atoms with Crippen LogP contribution in [0.4, 0.5) is 0 Å². The van der Waals surface area contributed by atoms with E-state index >= 15 is 0 Å². The standard InChI is InChI=1S/C20H19NO/c1-2-6-16(7-3-1)14-21-12-10-17(11-13-21)20-19-9-5-4-8-18(19)15-22-20/h1-10,15H,11-14H2. The minimum Gasteiger partial charge on any atom is -0.463 e. The molecular formula is C20H19NO. The van der Waals surface area contributed by atoms with Gasteiger partial charge in [-0.2, -0.15) is 0 Å². The monoisotopic (exact) mass is 289 g/mol. The average Bonchev–Trinajstić information content (AvgIpc) is 3.01. The summed E-state index contributed by atoms with van der Waals surface area (Å²) in [7, 11) is 0. The van der Waals surface area contributed by atoms with E-state index in [1.807, 2.05) is 6.26 Å². The third kappa shape index (κ3) is 2.58. The third-order valence-corrected chi connectivity index (χ3v) is 4.34. The Bertz CT molecular complexity index is 801. The molecule has 1 aliphatic heterocycles. The lowest BCUT2D eigenvalue weighted by atomic mass is 10.0. The molecule has 2 heterocycles. The number of benzene rings is 2. The van der Waals surface area contributed by atoms with Crippen molar-refractivity contribution in [2.24, 2.45) is 0 Å². The molecule has 0 saturated carbocycles. The molecule has 110 valence electrons. The molecular weight excluding hydrogens is 270 g/mol. The summed E-state index contributed by atoms with van der Waals surface area (Å²) in [6, 6.07) is 19.0. The molecule has 0 aliphatic carbocycles. The zero-order valence-corrected chi connectivity index (χ0v) is 12.5.